The van der Waals surface area contributed by atoms with Crippen LogP contribution in [0.4, 0.5) is 5.69 Å². The predicted octanol–water partition coefficient (Wildman–Crippen LogP) is 1.59. The van der Waals surface area contributed by atoms with Crippen LogP contribution in [0.2, 0.25) is 10.0 Å². The minimum Gasteiger partial charge on any atom is -0.383 e. The van der Waals surface area contributed by atoms with Gasteiger partial charge in [-0.3, -0.25) is 9.59 Å². The quantitative estimate of drug-likeness (QED) is 0.746. The first-order valence-corrected chi connectivity index (χ1v) is 10.1. The SMILES string of the molecule is COCCN(C(=O)C(=O)Nc1ccc(Cl)c(Cl)c1)C1CCS(=O)(=O)C1. The monoisotopic (exact) mass is 408 g/mol. The molecule has 0 saturated carbocycles. The number of halogens is 2. The number of methoxy groups -OCH3 is 1. The van der Waals surface area contributed by atoms with Crippen LogP contribution in [0.5, 0.6) is 0 Å². The summed E-state index contributed by atoms with van der Waals surface area (Å²) < 4.78 is 28.3. The van der Waals surface area contributed by atoms with Crippen LogP contribution in [0.15, 0.2) is 18.2 Å². The van der Waals surface area contributed by atoms with Crippen LogP contribution in [-0.2, 0) is 24.2 Å². The number of carbonyl (C=O) groups is 2. The van der Waals surface area contributed by atoms with Crippen LogP contribution in [0.3, 0.4) is 0 Å². The van der Waals surface area contributed by atoms with Crippen molar-refractivity contribution < 1.29 is 22.7 Å². The Morgan fingerprint density at radius 2 is 2.04 bits per heavy atom. The molecule has 2 amide bonds. The molecule has 1 atom stereocenters. The van der Waals surface area contributed by atoms with Crippen molar-refractivity contribution in [1.82, 2.24) is 4.90 Å². The van der Waals surface area contributed by atoms with Crippen LogP contribution in [0.25, 0.3) is 0 Å². The number of ether oxygens (including phenoxy) is 1. The van der Waals surface area contributed by atoms with Gasteiger partial charge in [0.1, 0.15) is 0 Å². The average Bonchev–Trinajstić information content (AvgIpc) is 2.91. The molecular formula is C15H18Cl2N2O5S. The van der Waals surface area contributed by atoms with Gasteiger partial charge in [0, 0.05) is 25.4 Å². The van der Waals surface area contributed by atoms with Crippen molar-refractivity contribution in [3.05, 3.63) is 28.2 Å². The van der Waals surface area contributed by atoms with Crippen LogP contribution in [0, 0.1) is 0 Å². The van der Waals surface area contributed by atoms with Crippen molar-refractivity contribution in [1.29, 1.82) is 0 Å². The fourth-order valence-electron chi connectivity index (χ4n) is 2.55. The standard InChI is InChI=1S/C15H18Cl2N2O5S/c1-24-6-5-19(11-4-7-25(22,23)9-11)15(21)14(20)18-10-2-3-12(16)13(17)8-10/h2-3,8,11H,4-7,9H2,1H3,(H,18,20). The number of anilines is 1. The van der Waals surface area contributed by atoms with Crippen molar-refractivity contribution in [2.45, 2.75) is 12.5 Å². The summed E-state index contributed by atoms with van der Waals surface area (Å²) in [6.07, 6.45) is 0.303. The summed E-state index contributed by atoms with van der Waals surface area (Å²) in [6.45, 7) is 0.326. The van der Waals surface area contributed by atoms with Gasteiger partial charge in [-0.05, 0) is 24.6 Å². The molecule has 0 bridgehead atoms. The maximum absolute atomic E-state index is 12.5. The third kappa shape index (κ3) is 5.31. The zero-order chi connectivity index (χ0) is 18.6. The predicted molar refractivity (Wildman–Crippen MR) is 95.7 cm³/mol. The molecule has 0 aliphatic carbocycles. The molecule has 1 aliphatic rings. The average molecular weight is 409 g/mol. The summed E-state index contributed by atoms with van der Waals surface area (Å²) in [4.78, 5) is 26.0. The van der Waals surface area contributed by atoms with E-state index in [9.17, 15) is 18.0 Å². The fraction of sp³-hybridized carbons (Fsp3) is 0.467. The summed E-state index contributed by atoms with van der Waals surface area (Å²) in [5.74, 6) is -1.84. The molecule has 0 aromatic heterocycles. The number of benzene rings is 1. The number of carbonyl (C=O) groups excluding carboxylic acids is 2. The molecule has 7 nitrogen and oxygen atoms in total. The fourth-order valence-corrected chi connectivity index (χ4v) is 4.58. The smallest absolute Gasteiger partial charge is 0.313 e. The second kappa shape index (κ2) is 8.35. The first-order chi connectivity index (χ1) is 11.7. The van der Waals surface area contributed by atoms with Gasteiger partial charge in [0.15, 0.2) is 9.84 Å². The highest BCUT2D eigenvalue weighted by molar-refractivity contribution is 7.91. The Hall–Kier alpha value is -1.35. The Morgan fingerprint density at radius 3 is 2.60 bits per heavy atom. The van der Waals surface area contributed by atoms with Gasteiger partial charge in [0.2, 0.25) is 0 Å². The number of rotatable bonds is 5. The maximum Gasteiger partial charge on any atom is 0.313 e. The van der Waals surface area contributed by atoms with E-state index >= 15 is 0 Å². The first-order valence-electron chi connectivity index (χ1n) is 7.50. The molecule has 2 rings (SSSR count). The van der Waals surface area contributed by atoms with Gasteiger partial charge in [0.25, 0.3) is 0 Å². The van der Waals surface area contributed by atoms with Gasteiger partial charge in [-0.1, -0.05) is 23.2 Å². The first kappa shape index (κ1) is 20.0. The van der Waals surface area contributed by atoms with Crippen molar-refractivity contribution >= 4 is 50.5 Å². The third-order valence-corrected chi connectivity index (χ3v) is 6.31. The molecule has 1 saturated heterocycles. The van der Waals surface area contributed by atoms with E-state index in [1.165, 1.54) is 30.2 Å². The highest BCUT2D eigenvalue weighted by Gasteiger charge is 2.36. The van der Waals surface area contributed by atoms with E-state index in [0.717, 1.165) is 0 Å². The number of nitrogens with zero attached hydrogens (tertiary/aromatic N) is 1. The third-order valence-electron chi connectivity index (χ3n) is 3.82. The second-order valence-corrected chi connectivity index (χ2v) is 8.67. The molecule has 25 heavy (non-hydrogen) atoms. The van der Waals surface area contributed by atoms with Gasteiger partial charge >= 0.3 is 11.8 Å². The molecule has 138 valence electrons. The Kier molecular flexibility index (Phi) is 6.67. The number of amides is 2. The van der Waals surface area contributed by atoms with E-state index in [4.69, 9.17) is 27.9 Å². The molecule has 1 unspecified atom stereocenters. The van der Waals surface area contributed by atoms with Gasteiger partial charge in [-0.15, -0.1) is 0 Å². The second-order valence-electron chi connectivity index (χ2n) is 5.63. The Bertz CT molecular complexity index is 769. The molecule has 0 spiro atoms. The van der Waals surface area contributed by atoms with E-state index in [1.807, 2.05) is 0 Å². The number of sulfone groups is 1. The number of nitrogens with one attached hydrogen (secondary N) is 1. The van der Waals surface area contributed by atoms with Crippen LogP contribution < -0.4 is 5.32 Å². The highest BCUT2D eigenvalue weighted by Crippen LogP contribution is 2.25. The van der Waals surface area contributed by atoms with Crippen molar-refractivity contribution in [3.63, 3.8) is 0 Å². The Balaban J connectivity index is 2.11. The van der Waals surface area contributed by atoms with Gasteiger partial charge in [0.05, 0.1) is 28.2 Å². The van der Waals surface area contributed by atoms with Gasteiger partial charge < -0.3 is 15.0 Å². The van der Waals surface area contributed by atoms with Crippen molar-refractivity contribution in [3.8, 4) is 0 Å². The number of hydrogen-bond acceptors (Lipinski definition) is 5. The zero-order valence-corrected chi connectivity index (χ0v) is 15.8. The highest BCUT2D eigenvalue weighted by atomic mass is 35.5. The lowest BCUT2D eigenvalue weighted by Crippen LogP contribution is -2.47. The van der Waals surface area contributed by atoms with Gasteiger partial charge in [-0.25, -0.2) is 8.42 Å². The Labute approximate surface area is 156 Å². The molecule has 1 aliphatic heterocycles. The molecular weight excluding hydrogens is 391 g/mol. The van der Waals surface area contributed by atoms with E-state index in [2.05, 4.69) is 5.32 Å². The van der Waals surface area contributed by atoms with Crippen molar-refractivity contribution in [2.24, 2.45) is 0 Å². The lowest BCUT2D eigenvalue weighted by Gasteiger charge is -2.27. The van der Waals surface area contributed by atoms with Gasteiger partial charge in [-0.2, -0.15) is 0 Å². The van der Waals surface area contributed by atoms with Crippen LogP contribution >= 0.6 is 23.2 Å². The lowest BCUT2D eigenvalue weighted by atomic mass is 10.2. The van der Waals surface area contributed by atoms with E-state index in [1.54, 1.807) is 0 Å². The molecule has 1 aromatic rings. The zero-order valence-electron chi connectivity index (χ0n) is 13.5. The minimum atomic E-state index is -3.19. The van der Waals surface area contributed by atoms with Crippen LogP contribution in [0.1, 0.15) is 6.42 Å². The summed E-state index contributed by atoms with van der Waals surface area (Å²) in [6, 6.07) is 3.90. The van der Waals surface area contributed by atoms with E-state index < -0.39 is 27.7 Å². The van der Waals surface area contributed by atoms with Crippen molar-refractivity contribution in [2.75, 3.05) is 37.1 Å². The maximum atomic E-state index is 12.5. The summed E-state index contributed by atoms with van der Waals surface area (Å²) in [5.41, 5.74) is 0.318. The topological polar surface area (TPSA) is 92.8 Å². The summed E-state index contributed by atoms with van der Waals surface area (Å²) in [5, 5.41) is 3.01. The summed E-state index contributed by atoms with van der Waals surface area (Å²) in [7, 11) is -1.73. The lowest BCUT2D eigenvalue weighted by molar-refractivity contribution is -0.144. The Morgan fingerprint density at radius 1 is 1.32 bits per heavy atom. The molecule has 1 fully saturated rings. The largest absolute Gasteiger partial charge is 0.383 e. The molecule has 1 aromatic carbocycles. The summed E-state index contributed by atoms with van der Waals surface area (Å²) >= 11 is 11.7. The molecule has 10 heteroatoms. The molecule has 1 heterocycles. The normalized spacial score (nSPS) is 18.8. The number of hydrogen-bond donors (Lipinski definition) is 1. The molecule has 0 radical (unpaired) electrons. The molecule has 1 N–H and O–H groups in total. The van der Waals surface area contributed by atoms with E-state index in [-0.39, 0.29) is 29.7 Å². The minimum absolute atomic E-state index is 0.00282. The van der Waals surface area contributed by atoms with E-state index in [0.29, 0.717) is 17.1 Å². The van der Waals surface area contributed by atoms with Crippen LogP contribution in [-0.4, -0.2) is 62.9 Å².